The van der Waals surface area contributed by atoms with E-state index in [2.05, 4.69) is 10.2 Å². The number of aromatic nitrogens is 3. The van der Waals surface area contributed by atoms with E-state index >= 15 is 0 Å². The fourth-order valence-corrected chi connectivity index (χ4v) is 3.96. The zero-order valence-electron chi connectivity index (χ0n) is 15.7. The van der Waals surface area contributed by atoms with Crippen LogP contribution in [0, 0.1) is 0 Å². The molecule has 4 rings (SSSR count). The Morgan fingerprint density at radius 1 is 1.03 bits per heavy atom. The summed E-state index contributed by atoms with van der Waals surface area (Å²) in [6.45, 7) is -0.0800. The van der Waals surface area contributed by atoms with Gasteiger partial charge in [-0.1, -0.05) is 48.0 Å². The molecule has 1 aliphatic heterocycles. The Labute approximate surface area is 178 Å². The van der Waals surface area contributed by atoms with Crippen LogP contribution in [-0.2, 0) is 12.7 Å². The number of nitrogens with zero attached hydrogens (tertiary/aromatic N) is 4. The second kappa shape index (κ2) is 7.92. The van der Waals surface area contributed by atoms with Crippen LogP contribution in [0.15, 0.2) is 48.5 Å². The quantitative estimate of drug-likeness (QED) is 0.513. The Hall–Kier alpha value is -3.01. The smallest absolute Gasteiger partial charge is 0.322 e. The number of hydrogen-bond acceptors (Lipinski definition) is 3. The summed E-state index contributed by atoms with van der Waals surface area (Å²) in [5.74, 6) is -1.19. The highest BCUT2D eigenvalue weighted by atomic mass is 35.5. The monoisotopic (exact) mass is 456 g/mol. The van der Waals surface area contributed by atoms with Gasteiger partial charge in [-0.3, -0.25) is 4.79 Å². The van der Waals surface area contributed by atoms with Gasteiger partial charge in [0.2, 0.25) is 0 Å². The third-order valence-corrected chi connectivity index (χ3v) is 5.44. The van der Waals surface area contributed by atoms with E-state index in [9.17, 15) is 26.7 Å². The van der Waals surface area contributed by atoms with Gasteiger partial charge in [0.1, 0.15) is 6.04 Å². The molecule has 1 aliphatic rings. The Morgan fingerprint density at radius 2 is 1.74 bits per heavy atom. The van der Waals surface area contributed by atoms with Gasteiger partial charge < -0.3 is 9.47 Å². The lowest BCUT2D eigenvalue weighted by atomic mass is 10.0. The second-order valence-electron chi connectivity index (χ2n) is 6.85. The Morgan fingerprint density at radius 3 is 2.39 bits per heavy atom. The SMILES string of the molecule is O=C(c1cccc(C(F)(F)F)c1Cl)N1CCn2c(C(F)F)nnc2[C@@H]1c1ccccc1. The van der Waals surface area contributed by atoms with E-state index in [0.29, 0.717) is 5.56 Å². The van der Waals surface area contributed by atoms with Gasteiger partial charge in [0.15, 0.2) is 11.6 Å². The largest absolute Gasteiger partial charge is 0.417 e. The van der Waals surface area contributed by atoms with Crippen LogP contribution >= 0.6 is 11.6 Å². The summed E-state index contributed by atoms with van der Waals surface area (Å²) in [7, 11) is 0. The van der Waals surface area contributed by atoms with Crippen molar-refractivity contribution in [2.45, 2.75) is 25.2 Å². The molecule has 3 aromatic rings. The molecule has 1 amide bonds. The van der Waals surface area contributed by atoms with Gasteiger partial charge in [0.05, 0.1) is 16.1 Å². The molecule has 0 radical (unpaired) electrons. The van der Waals surface area contributed by atoms with E-state index in [1.807, 2.05) is 0 Å². The molecule has 0 aliphatic carbocycles. The number of carbonyl (C=O) groups is 1. The Balaban J connectivity index is 1.82. The fraction of sp³-hybridized carbons (Fsp3) is 0.250. The number of alkyl halides is 5. The van der Waals surface area contributed by atoms with Gasteiger partial charge in [-0.2, -0.15) is 13.2 Å². The summed E-state index contributed by atoms with van der Waals surface area (Å²) in [6.07, 6.45) is -7.60. The summed E-state index contributed by atoms with van der Waals surface area (Å²) in [5.41, 5.74) is -0.913. The number of benzene rings is 2. The van der Waals surface area contributed by atoms with Gasteiger partial charge in [0, 0.05) is 13.1 Å². The molecule has 0 saturated heterocycles. The maximum absolute atomic E-state index is 13.3. The summed E-state index contributed by atoms with van der Waals surface area (Å²) in [6, 6.07) is 10.6. The first-order valence-corrected chi connectivity index (χ1v) is 9.50. The highest BCUT2D eigenvalue weighted by molar-refractivity contribution is 6.34. The molecule has 11 heteroatoms. The van der Waals surface area contributed by atoms with E-state index in [4.69, 9.17) is 11.6 Å². The third kappa shape index (κ3) is 3.76. The molecule has 5 nitrogen and oxygen atoms in total. The first-order chi connectivity index (χ1) is 14.7. The molecule has 31 heavy (non-hydrogen) atoms. The zero-order valence-corrected chi connectivity index (χ0v) is 16.4. The standard InChI is InChI=1S/C20H14ClF5N4O/c21-14-12(7-4-8-13(14)20(24,25)26)19(31)29-9-10-30-17(27-28-18(30)16(22)23)15(29)11-5-2-1-3-6-11/h1-8,15-16H,9-10H2/t15-/m0/s1. The minimum Gasteiger partial charge on any atom is -0.322 e. The predicted octanol–water partition coefficient (Wildman–Crippen LogP) is 5.13. The van der Waals surface area contributed by atoms with E-state index in [1.165, 1.54) is 15.5 Å². The number of halogens is 6. The molecule has 0 fully saturated rings. The van der Waals surface area contributed by atoms with E-state index in [0.717, 1.165) is 12.1 Å². The molecule has 1 aromatic heterocycles. The third-order valence-electron chi connectivity index (χ3n) is 5.03. The lowest BCUT2D eigenvalue weighted by molar-refractivity contribution is -0.137. The molecule has 2 aromatic carbocycles. The average Bonchev–Trinajstić information content (AvgIpc) is 3.17. The first-order valence-electron chi connectivity index (χ1n) is 9.13. The van der Waals surface area contributed by atoms with Crippen LogP contribution in [0.1, 0.15) is 45.6 Å². The van der Waals surface area contributed by atoms with E-state index in [-0.39, 0.29) is 24.5 Å². The summed E-state index contributed by atoms with van der Waals surface area (Å²) < 4.78 is 67.6. The van der Waals surface area contributed by atoms with Gasteiger partial charge >= 0.3 is 6.18 Å². The molecule has 2 heterocycles. The topological polar surface area (TPSA) is 51.0 Å². The average molecular weight is 457 g/mol. The van der Waals surface area contributed by atoms with Crippen molar-refractivity contribution in [3.63, 3.8) is 0 Å². The predicted molar refractivity (Wildman–Crippen MR) is 101 cm³/mol. The summed E-state index contributed by atoms with van der Waals surface area (Å²) in [4.78, 5) is 14.6. The van der Waals surface area contributed by atoms with Crippen molar-refractivity contribution in [1.29, 1.82) is 0 Å². The van der Waals surface area contributed by atoms with Gasteiger partial charge in [0.25, 0.3) is 12.3 Å². The molecule has 0 unspecified atom stereocenters. The summed E-state index contributed by atoms with van der Waals surface area (Å²) in [5, 5.41) is 6.71. The highest BCUT2D eigenvalue weighted by Gasteiger charge is 2.39. The van der Waals surface area contributed by atoms with Gasteiger partial charge in [-0.25, -0.2) is 8.78 Å². The minimum atomic E-state index is -4.74. The Kier molecular flexibility index (Phi) is 5.42. The summed E-state index contributed by atoms with van der Waals surface area (Å²) >= 11 is 5.95. The molecular formula is C20H14ClF5N4O. The normalized spacial score (nSPS) is 16.5. The number of hydrogen-bond donors (Lipinski definition) is 0. The maximum atomic E-state index is 13.3. The van der Waals surface area contributed by atoms with Crippen molar-refractivity contribution < 1.29 is 26.7 Å². The van der Waals surface area contributed by atoms with Crippen molar-refractivity contribution in [3.8, 4) is 0 Å². The molecule has 162 valence electrons. The second-order valence-corrected chi connectivity index (χ2v) is 7.22. The fourth-order valence-electron chi connectivity index (χ4n) is 3.65. The van der Waals surface area contributed by atoms with Crippen LogP contribution in [0.5, 0.6) is 0 Å². The molecule has 0 N–H and O–H groups in total. The van der Waals surface area contributed by atoms with Crippen LogP contribution in [-0.4, -0.2) is 32.1 Å². The first kappa shape index (κ1) is 21.2. The molecular weight excluding hydrogens is 443 g/mol. The minimum absolute atomic E-state index is 0.0341. The van der Waals surface area contributed by atoms with Crippen molar-refractivity contribution in [2.75, 3.05) is 6.54 Å². The van der Waals surface area contributed by atoms with Crippen molar-refractivity contribution >= 4 is 17.5 Å². The van der Waals surface area contributed by atoms with Crippen molar-refractivity contribution in [3.05, 3.63) is 81.9 Å². The molecule has 1 atom stereocenters. The van der Waals surface area contributed by atoms with E-state index < -0.39 is 41.0 Å². The number of rotatable bonds is 3. The van der Waals surface area contributed by atoms with Crippen LogP contribution in [0.2, 0.25) is 5.02 Å². The molecule has 0 spiro atoms. The lowest BCUT2D eigenvalue weighted by Crippen LogP contribution is -2.43. The number of fused-ring (bicyclic) bond motifs is 1. The Bertz CT molecular complexity index is 1120. The van der Waals surface area contributed by atoms with Crippen LogP contribution in [0.4, 0.5) is 22.0 Å². The highest BCUT2D eigenvalue weighted by Crippen LogP contribution is 2.39. The molecule has 0 saturated carbocycles. The number of amides is 1. The van der Waals surface area contributed by atoms with Crippen LogP contribution in [0.25, 0.3) is 0 Å². The molecule has 0 bridgehead atoms. The van der Waals surface area contributed by atoms with Gasteiger partial charge in [-0.15, -0.1) is 10.2 Å². The van der Waals surface area contributed by atoms with Gasteiger partial charge in [-0.05, 0) is 17.7 Å². The maximum Gasteiger partial charge on any atom is 0.417 e. The van der Waals surface area contributed by atoms with Crippen molar-refractivity contribution in [2.24, 2.45) is 0 Å². The van der Waals surface area contributed by atoms with Crippen LogP contribution < -0.4 is 0 Å². The van der Waals surface area contributed by atoms with Crippen LogP contribution in [0.3, 0.4) is 0 Å². The van der Waals surface area contributed by atoms with Crippen molar-refractivity contribution in [1.82, 2.24) is 19.7 Å². The lowest BCUT2D eigenvalue weighted by Gasteiger charge is -2.36. The zero-order chi connectivity index (χ0) is 22.3. The van der Waals surface area contributed by atoms with E-state index in [1.54, 1.807) is 30.3 Å². The number of carbonyl (C=O) groups excluding carboxylic acids is 1.